The van der Waals surface area contributed by atoms with Gasteiger partial charge in [-0.05, 0) is 25.0 Å². The molecule has 3 atom stereocenters. The molecule has 0 amide bonds. The summed E-state index contributed by atoms with van der Waals surface area (Å²) in [5.41, 5.74) is 1.72. The zero-order valence-corrected chi connectivity index (χ0v) is 13.8. The van der Waals surface area contributed by atoms with Crippen molar-refractivity contribution in [3.63, 3.8) is 0 Å². The molecule has 3 unspecified atom stereocenters. The van der Waals surface area contributed by atoms with Gasteiger partial charge in [0.25, 0.3) is 0 Å². The average Bonchev–Trinajstić information content (AvgIpc) is 3.34. The van der Waals surface area contributed by atoms with E-state index in [2.05, 4.69) is 27.8 Å². The van der Waals surface area contributed by atoms with Gasteiger partial charge < -0.3 is 10.6 Å². The van der Waals surface area contributed by atoms with Gasteiger partial charge >= 0.3 is 0 Å². The highest BCUT2D eigenvalue weighted by atomic mass is 19.1. The standard InChI is InChI=1S/C19H21F2N3/c1-12(15-9-8-14(20)10-17(15)21)23-19(22-2)24-18-11-16(18)13-6-4-3-5-7-13/h3-10,12,16,18H,11H2,1-2H3,(H2,22,23,24). The van der Waals surface area contributed by atoms with Gasteiger partial charge in [0.2, 0.25) is 0 Å². The lowest BCUT2D eigenvalue weighted by Crippen LogP contribution is -2.40. The lowest BCUT2D eigenvalue weighted by molar-refractivity contribution is 0.550. The number of halogens is 2. The fourth-order valence-electron chi connectivity index (χ4n) is 2.91. The highest BCUT2D eigenvalue weighted by Crippen LogP contribution is 2.40. The van der Waals surface area contributed by atoms with E-state index in [4.69, 9.17) is 0 Å². The molecule has 1 saturated carbocycles. The molecule has 5 heteroatoms. The van der Waals surface area contributed by atoms with Crippen molar-refractivity contribution in [1.29, 1.82) is 0 Å². The minimum absolute atomic E-state index is 0.314. The molecular weight excluding hydrogens is 308 g/mol. The molecule has 3 rings (SSSR count). The van der Waals surface area contributed by atoms with Crippen LogP contribution >= 0.6 is 0 Å². The molecule has 3 nitrogen and oxygen atoms in total. The van der Waals surface area contributed by atoms with Crippen LogP contribution in [-0.2, 0) is 0 Å². The average molecular weight is 329 g/mol. The number of hydrogen-bond acceptors (Lipinski definition) is 1. The van der Waals surface area contributed by atoms with Crippen molar-refractivity contribution in [3.8, 4) is 0 Å². The molecule has 0 spiro atoms. The van der Waals surface area contributed by atoms with E-state index in [1.807, 2.05) is 25.1 Å². The highest BCUT2D eigenvalue weighted by molar-refractivity contribution is 5.81. The van der Waals surface area contributed by atoms with Crippen LogP contribution in [0.15, 0.2) is 53.5 Å². The molecule has 1 fully saturated rings. The van der Waals surface area contributed by atoms with Gasteiger partial charge in [-0.25, -0.2) is 8.78 Å². The van der Waals surface area contributed by atoms with Crippen LogP contribution in [-0.4, -0.2) is 19.0 Å². The Bertz CT molecular complexity index is 731. The summed E-state index contributed by atoms with van der Waals surface area (Å²) in [4.78, 5) is 4.21. The molecule has 2 N–H and O–H groups in total. The summed E-state index contributed by atoms with van der Waals surface area (Å²) in [6.07, 6.45) is 1.05. The first-order chi connectivity index (χ1) is 11.6. The van der Waals surface area contributed by atoms with Gasteiger partial charge in [0.1, 0.15) is 11.6 Å². The molecule has 2 aromatic carbocycles. The van der Waals surface area contributed by atoms with Crippen LogP contribution in [0.5, 0.6) is 0 Å². The second-order valence-electron chi connectivity index (χ2n) is 6.11. The van der Waals surface area contributed by atoms with Crippen molar-refractivity contribution >= 4 is 5.96 Å². The summed E-state index contributed by atoms with van der Waals surface area (Å²) in [7, 11) is 1.68. The van der Waals surface area contributed by atoms with E-state index in [1.54, 1.807) is 7.05 Å². The normalized spacial score (nSPS) is 21.2. The quantitative estimate of drug-likeness (QED) is 0.662. The third kappa shape index (κ3) is 3.72. The Hall–Kier alpha value is -2.43. The summed E-state index contributed by atoms with van der Waals surface area (Å²) >= 11 is 0. The van der Waals surface area contributed by atoms with Crippen LogP contribution in [0.1, 0.15) is 36.4 Å². The van der Waals surface area contributed by atoms with Gasteiger partial charge in [-0.2, -0.15) is 0 Å². The zero-order valence-electron chi connectivity index (χ0n) is 13.8. The molecule has 0 aromatic heterocycles. The van der Waals surface area contributed by atoms with Crippen LogP contribution in [0.25, 0.3) is 0 Å². The first kappa shape index (κ1) is 16.4. The van der Waals surface area contributed by atoms with Crippen LogP contribution in [0.4, 0.5) is 8.78 Å². The summed E-state index contributed by atoms with van der Waals surface area (Å²) in [6, 6.07) is 14.0. The minimum atomic E-state index is -0.574. The topological polar surface area (TPSA) is 36.4 Å². The SMILES string of the molecule is CN=C(NC(C)c1ccc(F)cc1F)NC1CC1c1ccccc1. The van der Waals surface area contributed by atoms with Crippen molar-refractivity contribution in [1.82, 2.24) is 10.6 Å². The van der Waals surface area contributed by atoms with Crippen molar-refractivity contribution in [2.45, 2.75) is 31.3 Å². The predicted molar refractivity (Wildman–Crippen MR) is 92.0 cm³/mol. The van der Waals surface area contributed by atoms with Gasteiger partial charge in [0.15, 0.2) is 5.96 Å². The second kappa shape index (κ2) is 6.99. The van der Waals surface area contributed by atoms with Gasteiger partial charge in [0, 0.05) is 30.6 Å². The van der Waals surface area contributed by atoms with E-state index in [0.29, 0.717) is 23.5 Å². The first-order valence-corrected chi connectivity index (χ1v) is 8.08. The predicted octanol–water partition coefficient (Wildman–Crippen LogP) is 3.75. The monoisotopic (exact) mass is 329 g/mol. The van der Waals surface area contributed by atoms with E-state index in [-0.39, 0.29) is 6.04 Å². The summed E-state index contributed by atoms with van der Waals surface area (Å²) in [6.45, 7) is 1.82. The van der Waals surface area contributed by atoms with Crippen LogP contribution in [0.2, 0.25) is 0 Å². The molecule has 1 aliphatic carbocycles. The van der Waals surface area contributed by atoms with Gasteiger partial charge in [-0.1, -0.05) is 36.4 Å². The van der Waals surface area contributed by atoms with E-state index in [9.17, 15) is 8.78 Å². The zero-order chi connectivity index (χ0) is 17.1. The third-order valence-electron chi connectivity index (χ3n) is 4.35. The molecule has 2 aromatic rings. The maximum atomic E-state index is 13.9. The van der Waals surface area contributed by atoms with E-state index in [1.165, 1.54) is 17.7 Å². The Kier molecular flexibility index (Phi) is 4.79. The Morgan fingerprint density at radius 2 is 1.92 bits per heavy atom. The van der Waals surface area contributed by atoms with Crippen molar-refractivity contribution < 1.29 is 8.78 Å². The first-order valence-electron chi connectivity index (χ1n) is 8.08. The third-order valence-corrected chi connectivity index (χ3v) is 4.35. The fourth-order valence-corrected chi connectivity index (χ4v) is 2.91. The Morgan fingerprint density at radius 1 is 1.17 bits per heavy atom. The lowest BCUT2D eigenvalue weighted by Gasteiger charge is -2.19. The van der Waals surface area contributed by atoms with Gasteiger partial charge in [-0.15, -0.1) is 0 Å². The van der Waals surface area contributed by atoms with Crippen LogP contribution in [0.3, 0.4) is 0 Å². The molecule has 0 saturated heterocycles. The Labute approximate surface area is 140 Å². The lowest BCUT2D eigenvalue weighted by atomic mass is 10.1. The number of rotatable bonds is 4. The molecule has 0 heterocycles. The molecule has 0 radical (unpaired) electrons. The minimum Gasteiger partial charge on any atom is -0.353 e. The largest absolute Gasteiger partial charge is 0.353 e. The summed E-state index contributed by atoms with van der Waals surface area (Å²) in [5, 5.41) is 6.53. The van der Waals surface area contributed by atoms with E-state index >= 15 is 0 Å². The molecule has 24 heavy (non-hydrogen) atoms. The number of nitrogens with zero attached hydrogens (tertiary/aromatic N) is 1. The molecular formula is C19H21F2N3. The number of aliphatic imine (C=N–C) groups is 1. The second-order valence-corrected chi connectivity index (χ2v) is 6.11. The number of nitrogens with one attached hydrogen (secondary N) is 2. The van der Waals surface area contributed by atoms with E-state index < -0.39 is 11.6 Å². The number of guanidine groups is 1. The fraction of sp³-hybridized carbons (Fsp3) is 0.316. The van der Waals surface area contributed by atoms with Gasteiger partial charge in [0.05, 0.1) is 6.04 Å². The van der Waals surface area contributed by atoms with Crippen molar-refractivity contribution in [2.75, 3.05) is 7.05 Å². The van der Waals surface area contributed by atoms with Crippen LogP contribution in [0, 0.1) is 11.6 Å². The summed E-state index contributed by atoms with van der Waals surface area (Å²) in [5.74, 6) is -0.0362. The van der Waals surface area contributed by atoms with Crippen LogP contribution < -0.4 is 10.6 Å². The molecule has 0 aliphatic heterocycles. The number of benzene rings is 2. The molecule has 126 valence electrons. The Morgan fingerprint density at radius 3 is 2.58 bits per heavy atom. The van der Waals surface area contributed by atoms with E-state index in [0.717, 1.165) is 12.5 Å². The maximum Gasteiger partial charge on any atom is 0.191 e. The molecule has 0 bridgehead atoms. The van der Waals surface area contributed by atoms with Crippen molar-refractivity contribution in [3.05, 3.63) is 71.3 Å². The maximum absolute atomic E-state index is 13.9. The molecule has 1 aliphatic rings. The van der Waals surface area contributed by atoms with Gasteiger partial charge in [-0.3, -0.25) is 4.99 Å². The smallest absolute Gasteiger partial charge is 0.191 e. The number of hydrogen-bond donors (Lipinski definition) is 2. The summed E-state index contributed by atoms with van der Waals surface area (Å²) < 4.78 is 26.9. The highest BCUT2D eigenvalue weighted by Gasteiger charge is 2.39. The Balaban J connectivity index is 1.60. The van der Waals surface area contributed by atoms with Crippen molar-refractivity contribution in [2.24, 2.45) is 4.99 Å².